The van der Waals surface area contributed by atoms with Crippen molar-refractivity contribution >= 4 is 18.0 Å². The smallest absolute Gasteiger partial charge is 0.407 e. The summed E-state index contributed by atoms with van der Waals surface area (Å²) in [4.78, 5) is 36.5. The van der Waals surface area contributed by atoms with Crippen LogP contribution < -0.4 is 10.6 Å². The molecule has 4 rings (SSSR count). The van der Waals surface area contributed by atoms with E-state index in [1.165, 1.54) is 22.3 Å². The van der Waals surface area contributed by atoms with Crippen LogP contribution in [0.5, 0.6) is 0 Å². The molecule has 0 aromatic heterocycles. The Morgan fingerprint density at radius 3 is 2.20 bits per heavy atom. The third-order valence-corrected chi connectivity index (χ3v) is 7.53. The largest absolute Gasteiger partial charge is 0.481 e. The Morgan fingerprint density at radius 1 is 0.971 bits per heavy atom. The highest BCUT2D eigenvalue weighted by Crippen LogP contribution is 2.44. The van der Waals surface area contributed by atoms with E-state index in [4.69, 9.17) is 9.84 Å². The molecule has 0 spiro atoms. The molecule has 0 radical (unpaired) electrons. The average Bonchev–Trinajstić information content (AvgIpc) is 3.17. The molecule has 0 aliphatic heterocycles. The van der Waals surface area contributed by atoms with Gasteiger partial charge in [0.05, 0.1) is 5.92 Å². The fourth-order valence-corrected chi connectivity index (χ4v) is 5.32. The minimum atomic E-state index is -0.940. The van der Waals surface area contributed by atoms with Gasteiger partial charge in [0.15, 0.2) is 0 Å². The van der Waals surface area contributed by atoms with Crippen LogP contribution in [0.15, 0.2) is 48.5 Å². The fraction of sp³-hybridized carbons (Fsp3) is 0.464. The van der Waals surface area contributed by atoms with E-state index in [0.717, 1.165) is 25.7 Å². The summed E-state index contributed by atoms with van der Waals surface area (Å²) >= 11 is 0. The van der Waals surface area contributed by atoms with Gasteiger partial charge in [0.1, 0.15) is 6.61 Å². The lowest BCUT2D eigenvalue weighted by Gasteiger charge is -2.32. The van der Waals surface area contributed by atoms with Crippen molar-refractivity contribution in [2.24, 2.45) is 11.8 Å². The Labute approximate surface area is 206 Å². The predicted molar refractivity (Wildman–Crippen MR) is 133 cm³/mol. The zero-order valence-corrected chi connectivity index (χ0v) is 20.3. The van der Waals surface area contributed by atoms with Crippen molar-refractivity contribution in [3.8, 4) is 11.1 Å². The molecule has 2 aliphatic rings. The summed E-state index contributed by atoms with van der Waals surface area (Å²) in [6.07, 6.45) is 3.41. The molecule has 35 heavy (non-hydrogen) atoms. The first-order valence-electron chi connectivity index (χ1n) is 12.5. The first kappa shape index (κ1) is 24.8. The molecule has 3 N–H and O–H groups in total. The van der Waals surface area contributed by atoms with E-state index in [0.29, 0.717) is 0 Å². The summed E-state index contributed by atoms with van der Waals surface area (Å²) in [6.45, 7) is 3.53. The quantitative estimate of drug-likeness (QED) is 0.510. The fourth-order valence-electron chi connectivity index (χ4n) is 5.32. The maximum Gasteiger partial charge on any atom is 0.407 e. The van der Waals surface area contributed by atoms with Crippen molar-refractivity contribution < 1.29 is 24.2 Å². The van der Waals surface area contributed by atoms with Crippen LogP contribution in [0.2, 0.25) is 0 Å². The topological polar surface area (TPSA) is 105 Å². The van der Waals surface area contributed by atoms with Gasteiger partial charge < -0.3 is 20.5 Å². The molecule has 1 fully saturated rings. The maximum absolute atomic E-state index is 12.8. The molecule has 2 amide bonds. The minimum Gasteiger partial charge on any atom is -0.481 e. The maximum atomic E-state index is 12.8. The highest BCUT2D eigenvalue weighted by Gasteiger charge is 2.32. The number of hydrogen-bond donors (Lipinski definition) is 3. The number of fused-ring (bicyclic) bond motifs is 3. The summed E-state index contributed by atoms with van der Waals surface area (Å²) in [5, 5.41) is 15.0. The minimum absolute atomic E-state index is 0.00112. The summed E-state index contributed by atoms with van der Waals surface area (Å²) in [5.74, 6) is -1.79. The molecule has 0 heterocycles. The number of amides is 2. The van der Waals surface area contributed by atoms with Crippen molar-refractivity contribution in [3.05, 3.63) is 59.7 Å². The van der Waals surface area contributed by atoms with E-state index < -0.39 is 24.0 Å². The average molecular weight is 479 g/mol. The Morgan fingerprint density at radius 2 is 1.57 bits per heavy atom. The lowest BCUT2D eigenvalue weighted by molar-refractivity contribution is -0.142. The summed E-state index contributed by atoms with van der Waals surface area (Å²) in [6, 6.07) is 15.8. The van der Waals surface area contributed by atoms with Gasteiger partial charge in [-0.2, -0.15) is 0 Å². The Hall–Kier alpha value is -3.35. The van der Waals surface area contributed by atoms with Crippen LogP contribution in [0.25, 0.3) is 11.1 Å². The first-order valence-corrected chi connectivity index (χ1v) is 12.5. The van der Waals surface area contributed by atoms with Gasteiger partial charge in [-0.05, 0) is 54.9 Å². The number of rotatable bonds is 8. The van der Waals surface area contributed by atoms with Crippen LogP contribution in [0, 0.1) is 11.8 Å². The van der Waals surface area contributed by atoms with E-state index >= 15 is 0 Å². The molecular formula is C28H34N2O5. The number of ether oxygens (including phenoxy) is 1. The molecule has 4 unspecified atom stereocenters. The molecule has 4 atom stereocenters. The Kier molecular flexibility index (Phi) is 7.73. The van der Waals surface area contributed by atoms with Crippen molar-refractivity contribution in [1.29, 1.82) is 0 Å². The molecule has 0 saturated heterocycles. The molecule has 0 bridgehead atoms. The second-order valence-corrected chi connectivity index (χ2v) is 9.81. The summed E-state index contributed by atoms with van der Waals surface area (Å²) < 4.78 is 5.70. The number of hydrogen-bond acceptors (Lipinski definition) is 4. The van der Waals surface area contributed by atoms with Crippen LogP contribution in [0.1, 0.15) is 63.0 Å². The van der Waals surface area contributed by atoms with Crippen LogP contribution in [-0.4, -0.2) is 41.8 Å². The molecule has 2 aliphatic carbocycles. The lowest BCUT2D eigenvalue weighted by Crippen LogP contribution is -2.46. The van der Waals surface area contributed by atoms with Gasteiger partial charge in [-0.3, -0.25) is 9.59 Å². The second-order valence-electron chi connectivity index (χ2n) is 9.81. The predicted octanol–water partition coefficient (Wildman–Crippen LogP) is 4.70. The van der Waals surface area contributed by atoms with E-state index in [9.17, 15) is 14.4 Å². The molecule has 1 saturated carbocycles. The SMILES string of the molecule is CC(NC(=O)CC1CCCCC1NC(=O)OCC1c2ccccc2-c2ccccc21)C(C)C(=O)O. The molecular weight excluding hydrogens is 444 g/mol. The van der Waals surface area contributed by atoms with E-state index in [-0.39, 0.29) is 36.8 Å². The summed E-state index contributed by atoms with van der Waals surface area (Å²) in [5.41, 5.74) is 4.70. The standard InChI is InChI=1S/C28H34N2O5/c1-17(27(32)33)18(2)29-26(31)15-19-9-3-8-14-25(19)30-28(34)35-16-24-22-12-6-4-10-20(22)21-11-5-7-13-23(21)24/h4-7,10-13,17-19,24-25H,3,8-9,14-16H2,1-2H3,(H,29,31)(H,30,34)(H,32,33). The van der Waals surface area contributed by atoms with E-state index in [1.54, 1.807) is 13.8 Å². The number of carbonyl (C=O) groups is 3. The number of carboxylic acid groups (broad SMARTS) is 1. The van der Waals surface area contributed by atoms with Crippen LogP contribution in [0.3, 0.4) is 0 Å². The molecule has 7 nitrogen and oxygen atoms in total. The third-order valence-electron chi connectivity index (χ3n) is 7.53. The van der Waals surface area contributed by atoms with E-state index in [2.05, 4.69) is 34.9 Å². The number of nitrogens with one attached hydrogen (secondary N) is 2. The highest BCUT2D eigenvalue weighted by molar-refractivity contribution is 5.79. The normalized spacial score (nSPS) is 20.7. The molecule has 186 valence electrons. The number of carboxylic acids is 1. The number of carbonyl (C=O) groups excluding carboxylic acids is 2. The zero-order valence-electron chi connectivity index (χ0n) is 20.3. The Bertz CT molecular complexity index is 1040. The number of benzene rings is 2. The van der Waals surface area contributed by atoms with Gasteiger partial charge in [0.25, 0.3) is 0 Å². The van der Waals surface area contributed by atoms with Gasteiger partial charge in [-0.1, -0.05) is 61.4 Å². The van der Waals surface area contributed by atoms with Gasteiger partial charge in [-0.25, -0.2) is 4.79 Å². The first-order chi connectivity index (χ1) is 16.8. The van der Waals surface area contributed by atoms with Crippen LogP contribution >= 0.6 is 0 Å². The monoisotopic (exact) mass is 478 g/mol. The van der Waals surface area contributed by atoms with E-state index in [1.807, 2.05) is 24.3 Å². The van der Waals surface area contributed by atoms with Crippen molar-refractivity contribution in [1.82, 2.24) is 10.6 Å². The van der Waals surface area contributed by atoms with Gasteiger partial charge in [0.2, 0.25) is 5.91 Å². The van der Waals surface area contributed by atoms with Gasteiger partial charge in [0, 0.05) is 24.4 Å². The highest BCUT2D eigenvalue weighted by atomic mass is 16.5. The Balaban J connectivity index is 1.33. The van der Waals surface area contributed by atoms with Crippen LogP contribution in [-0.2, 0) is 14.3 Å². The van der Waals surface area contributed by atoms with Crippen molar-refractivity contribution in [3.63, 3.8) is 0 Å². The van der Waals surface area contributed by atoms with Gasteiger partial charge >= 0.3 is 12.1 Å². The molecule has 2 aromatic rings. The molecule has 2 aromatic carbocycles. The second kappa shape index (κ2) is 10.9. The summed E-state index contributed by atoms with van der Waals surface area (Å²) in [7, 11) is 0. The number of alkyl carbamates (subject to hydrolysis) is 1. The zero-order chi connectivity index (χ0) is 24.9. The number of aliphatic carboxylic acids is 1. The van der Waals surface area contributed by atoms with Crippen LogP contribution in [0.4, 0.5) is 4.79 Å². The van der Waals surface area contributed by atoms with Gasteiger partial charge in [-0.15, -0.1) is 0 Å². The van der Waals surface area contributed by atoms with Crippen molar-refractivity contribution in [2.45, 2.75) is 64.0 Å². The molecule has 7 heteroatoms. The lowest BCUT2D eigenvalue weighted by atomic mass is 9.82. The van der Waals surface area contributed by atoms with Crippen molar-refractivity contribution in [2.75, 3.05) is 6.61 Å². The third kappa shape index (κ3) is 5.66.